The number of thioether (sulfide) groups is 1. The SMILES string of the molecule is CC(Oc1cc(-c2nn(C)c3c(/C(C=NC4CCN(CCC5CCN(C)CC5)CC4)=C/N)cnc(N)c23)ccc1NS(=O)C(F)F)c1ccc(F)cc1.CSC.O=C1CCC(N2C(=O)c3ccccc3C2=O)C(=O)N1. The number of aromatic nitrogens is 3. The second-order valence-electron chi connectivity index (χ2n) is 18.8. The van der Waals surface area contributed by atoms with E-state index in [1.165, 1.54) is 56.8 Å². The lowest BCUT2D eigenvalue weighted by Crippen LogP contribution is -2.54. The van der Waals surface area contributed by atoms with Crippen molar-refractivity contribution in [3.63, 3.8) is 0 Å². The Labute approximate surface area is 441 Å². The zero-order chi connectivity index (χ0) is 53.9. The number of rotatable bonds is 14. The number of benzene rings is 3. The highest BCUT2D eigenvalue weighted by Crippen LogP contribution is 2.39. The Morgan fingerprint density at radius 3 is 2.23 bits per heavy atom. The van der Waals surface area contributed by atoms with Gasteiger partial charge in [-0.15, -0.1) is 0 Å². The number of amides is 4. The first-order valence-corrected chi connectivity index (χ1v) is 27.6. The fourth-order valence-electron chi connectivity index (χ4n) is 9.56. The number of hydrogen-bond donors (Lipinski definition) is 4. The first-order chi connectivity index (χ1) is 36.0. The predicted molar refractivity (Wildman–Crippen MR) is 289 cm³/mol. The summed E-state index contributed by atoms with van der Waals surface area (Å²) in [6.07, 6.45) is 14.6. The number of nitrogen functional groups attached to an aromatic ring is 1. The summed E-state index contributed by atoms with van der Waals surface area (Å²) in [5, 5.41) is 7.51. The summed E-state index contributed by atoms with van der Waals surface area (Å²) < 4.78 is 62.5. The molecule has 17 nitrogen and oxygen atoms in total. The third kappa shape index (κ3) is 13.6. The van der Waals surface area contributed by atoms with E-state index in [4.69, 9.17) is 26.3 Å². The van der Waals surface area contributed by atoms with Crippen LogP contribution < -0.4 is 26.2 Å². The number of ether oxygens (including phenoxy) is 1. The van der Waals surface area contributed by atoms with Gasteiger partial charge in [0.2, 0.25) is 11.8 Å². The normalized spacial score (nSPS) is 18.9. The zero-order valence-corrected chi connectivity index (χ0v) is 44.3. The average Bonchev–Trinajstić information content (AvgIpc) is 3.89. The van der Waals surface area contributed by atoms with Gasteiger partial charge in [-0.2, -0.15) is 25.6 Å². The van der Waals surface area contributed by atoms with Gasteiger partial charge in [0, 0.05) is 61.9 Å². The molecule has 75 heavy (non-hydrogen) atoms. The highest BCUT2D eigenvalue weighted by Gasteiger charge is 2.44. The number of anilines is 2. The fraction of sp³-hybridized carbons (Fsp3) is 0.415. The van der Waals surface area contributed by atoms with Gasteiger partial charge in [0.05, 0.1) is 33.8 Å². The summed E-state index contributed by atoms with van der Waals surface area (Å²) in [6.45, 7) is 7.33. The van der Waals surface area contributed by atoms with Crippen molar-refractivity contribution in [2.24, 2.45) is 23.7 Å². The highest BCUT2D eigenvalue weighted by atomic mass is 32.2. The van der Waals surface area contributed by atoms with E-state index in [2.05, 4.69) is 31.9 Å². The number of pyridine rings is 1. The number of halogens is 3. The van der Waals surface area contributed by atoms with Crippen LogP contribution in [0.15, 0.2) is 84.1 Å². The molecule has 4 amide bonds. The van der Waals surface area contributed by atoms with Crippen LogP contribution in [0.2, 0.25) is 0 Å². The van der Waals surface area contributed by atoms with Gasteiger partial charge in [-0.3, -0.25) is 43.8 Å². The lowest BCUT2D eigenvalue weighted by molar-refractivity contribution is -0.136. The quantitative estimate of drug-likeness (QED) is 0.0628. The number of carbonyl (C=O) groups is 4. The van der Waals surface area contributed by atoms with Crippen molar-refractivity contribution >= 4 is 80.6 Å². The molecule has 0 saturated carbocycles. The van der Waals surface area contributed by atoms with E-state index in [0.29, 0.717) is 50.0 Å². The summed E-state index contributed by atoms with van der Waals surface area (Å²) in [4.78, 5) is 62.6. The minimum atomic E-state index is -3.12. The Kier molecular flexibility index (Phi) is 19.3. The van der Waals surface area contributed by atoms with Gasteiger partial charge in [0.25, 0.3) is 11.8 Å². The number of hydrogen-bond acceptors (Lipinski definition) is 14. The van der Waals surface area contributed by atoms with Crippen molar-refractivity contribution in [1.82, 2.24) is 34.8 Å². The van der Waals surface area contributed by atoms with Gasteiger partial charge in [-0.1, -0.05) is 30.3 Å². The number of fused-ring (bicyclic) bond motifs is 2. The number of alkyl halides is 2. The molecule has 3 atom stereocenters. The number of nitrogens with zero attached hydrogens (tertiary/aromatic N) is 7. The number of carbonyl (C=O) groups excluding carboxylic acids is 4. The number of imide groups is 2. The Hall–Kier alpha value is -6.62. The van der Waals surface area contributed by atoms with Crippen LogP contribution in [0.3, 0.4) is 0 Å². The molecule has 6 N–H and O–H groups in total. The summed E-state index contributed by atoms with van der Waals surface area (Å²) in [5.74, 6) is -4.26. The Morgan fingerprint density at radius 2 is 1.61 bits per heavy atom. The van der Waals surface area contributed by atoms with Crippen LogP contribution in [0.4, 0.5) is 24.7 Å². The minimum absolute atomic E-state index is 0.0843. The molecule has 4 aliphatic heterocycles. The molecule has 5 aromatic rings. The van der Waals surface area contributed by atoms with Gasteiger partial charge in [-0.05, 0) is 133 Å². The second-order valence-corrected chi connectivity index (χ2v) is 20.8. The molecule has 2 aromatic heterocycles. The van der Waals surface area contributed by atoms with Gasteiger partial charge < -0.3 is 26.0 Å². The van der Waals surface area contributed by atoms with E-state index in [9.17, 15) is 36.6 Å². The summed E-state index contributed by atoms with van der Waals surface area (Å²) in [5.41, 5.74) is 17.1. The third-order valence-corrected chi connectivity index (χ3v) is 14.4. The standard InChI is InChI=1S/C38H48F3N9O2S.C13H10N2O4.C2H6S/c1-24(26-4-7-29(39)8-5-26)52-33-20-27(6-9-32(33)47-53(51)38(40)41)35-34-36(49(3)46-35)31(23-45-37(34)43)28(21-42)22-44-30-13-18-50(19-14-30)17-12-25-10-15-48(2)16-11-25;16-10-6-5-9(11(17)14-10)15-12(18)7-3-1-2-4-8(7)13(15)19;1-3-2/h4-9,20-25,30,38,47H,10-19,42H2,1-3H3,(H2,43,45);1-4,9H,5-6H2,(H,14,16,17);1-2H3/b28-21+,44-22?;;. The van der Waals surface area contributed by atoms with Gasteiger partial charge in [0.1, 0.15) is 35.2 Å². The molecule has 3 aromatic carbocycles. The third-order valence-electron chi connectivity index (χ3n) is 13.7. The summed E-state index contributed by atoms with van der Waals surface area (Å²) in [7, 11) is 1.31. The number of nitrogens with two attached hydrogens (primary N) is 2. The molecule has 6 heterocycles. The molecule has 4 aliphatic rings. The summed E-state index contributed by atoms with van der Waals surface area (Å²) >= 11 is 1.75. The molecule has 3 saturated heterocycles. The molecular formula is C53H64F3N11O6S2. The van der Waals surface area contributed by atoms with Crippen molar-refractivity contribution in [1.29, 1.82) is 0 Å². The molecule has 0 spiro atoms. The number of piperidine rings is 3. The molecule has 0 aliphatic carbocycles. The second kappa shape index (κ2) is 25.7. The van der Waals surface area contributed by atoms with Crippen LogP contribution in [-0.4, -0.2) is 134 Å². The monoisotopic (exact) mass is 1070 g/mol. The maximum Gasteiger partial charge on any atom is 0.330 e. The van der Waals surface area contributed by atoms with Crippen molar-refractivity contribution in [2.75, 3.05) is 62.7 Å². The molecular weight excluding hydrogens is 1010 g/mol. The highest BCUT2D eigenvalue weighted by molar-refractivity contribution is 7.97. The lowest BCUT2D eigenvalue weighted by Gasteiger charge is -2.33. The first-order valence-electron chi connectivity index (χ1n) is 24.7. The Bertz CT molecular complexity index is 2910. The van der Waals surface area contributed by atoms with Gasteiger partial charge in [-0.25, -0.2) is 13.6 Å². The smallest absolute Gasteiger partial charge is 0.330 e. The molecule has 400 valence electrons. The topological polar surface area (TPSA) is 223 Å². The molecule has 9 rings (SSSR count). The van der Waals surface area contributed by atoms with E-state index in [1.807, 2.05) is 18.7 Å². The summed E-state index contributed by atoms with van der Waals surface area (Å²) in [6, 6.07) is 16.2. The van der Waals surface area contributed by atoms with Gasteiger partial charge >= 0.3 is 5.76 Å². The maximum atomic E-state index is 13.6. The number of allylic oxidation sites excluding steroid dienone is 1. The number of aryl methyl sites for hydroxylation is 1. The van der Waals surface area contributed by atoms with E-state index >= 15 is 0 Å². The van der Waals surface area contributed by atoms with Crippen LogP contribution in [0.5, 0.6) is 5.75 Å². The maximum absolute atomic E-state index is 13.6. The van der Waals surface area contributed by atoms with Gasteiger partial charge in [0.15, 0.2) is 11.0 Å². The first kappa shape index (κ1) is 56.1. The van der Waals surface area contributed by atoms with E-state index in [-0.39, 0.29) is 42.0 Å². The van der Waals surface area contributed by atoms with Crippen LogP contribution in [0, 0.1) is 11.7 Å². The Morgan fingerprint density at radius 1 is 0.960 bits per heavy atom. The van der Waals surface area contributed by atoms with Crippen molar-refractivity contribution in [3.05, 3.63) is 107 Å². The fourth-order valence-corrected chi connectivity index (χ4v) is 10.0. The van der Waals surface area contributed by atoms with Crippen molar-refractivity contribution < 1.29 is 41.3 Å². The largest absolute Gasteiger partial charge is 0.484 e. The van der Waals surface area contributed by atoms with Crippen LogP contribution >= 0.6 is 11.8 Å². The lowest BCUT2D eigenvalue weighted by atomic mass is 9.93. The minimum Gasteiger partial charge on any atom is -0.484 e. The van der Waals surface area contributed by atoms with Crippen LogP contribution in [0.25, 0.3) is 27.7 Å². The number of nitrogens with one attached hydrogen (secondary N) is 2. The molecule has 3 unspecified atom stereocenters. The Balaban J connectivity index is 0.000000308. The number of aliphatic imine (C=N–C) groups is 1. The predicted octanol–water partition coefficient (Wildman–Crippen LogP) is 7.43. The van der Waals surface area contributed by atoms with Crippen molar-refractivity contribution in [3.8, 4) is 17.0 Å². The molecule has 0 radical (unpaired) electrons. The molecule has 0 bridgehead atoms. The molecule has 3 fully saturated rings. The number of likely N-dealkylation sites (tertiary alicyclic amines) is 2. The zero-order valence-electron chi connectivity index (χ0n) is 42.6. The van der Waals surface area contributed by atoms with Crippen molar-refractivity contribution in [2.45, 2.75) is 75.8 Å². The van der Waals surface area contributed by atoms with Crippen LogP contribution in [0.1, 0.15) is 89.8 Å². The van der Waals surface area contributed by atoms with Crippen LogP contribution in [-0.2, 0) is 27.6 Å². The molecule has 22 heteroatoms. The van der Waals surface area contributed by atoms with E-state index in [1.54, 1.807) is 85.1 Å². The van der Waals surface area contributed by atoms with E-state index in [0.717, 1.165) is 43.3 Å². The average molecular weight is 1070 g/mol. The van der Waals surface area contributed by atoms with E-state index < -0.39 is 52.4 Å².